The van der Waals surface area contributed by atoms with Gasteiger partial charge in [0.25, 0.3) is 11.1 Å². The van der Waals surface area contributed by atoms with Gasteiger partial charge in [0, 0.05) is 13.0 Å². The molecule has 1 heterocycles. The number of H-pyrrole nitrogens is 1. The molecule has 0 saturated carbocycles. The number of para-hydroxylation sites is 1. The Bertz CT molecular complexity index is 1330. The van der Waals surface area contributed by atoms with Crippen molar-refractivity contribution >= 4 is 16.7 Å². The number of aromatic amines is 1. The molecule has 0 atom stereocenters. The zero-order valence-electron chi connectivity index (χ0n) is 16.7. The topological polar surface area (TPSA) is 93.2 Å². The Morgan fingerprint density at radius 1 is 0.871 bits per heavy atom. The van der Waals surface area contributed by atoms with Crippen molar-refractivity contribution in [2.45, 2.75) is 19.5 Å². The van der Waals surface area contributed by atoms with Crippen LogP contribution in [-0.4, -0.2) is 15.7 Å². The van der Waals surface area contributed by atoms with Crippen LogP contribution >= 0.6 is 0 Å². The van der Waals surface area contributed by atoms with E-state index < -0.39 is 0 Å². The maximum atomic E-state index is 12.5. The van der Waals surface area contributed by atoms with E-state index in [1.807, 2.05) is 54.6 Å². The lowest BCUT2D eigenvalue weighted by molar-refractivity contribution is -0.121. The van der Waals surface area contributed by atoms with Crippen LogP contribution in [0.1, 0.15) is 12.0 Å². The summed E-state index contributed by atoms with van der Waals surface area (Å²) >= 11 is 0. The molecule has 2 N–H and O–H groups in total. The molecular formula is C24H21N3O4. The van der Waals surface area contributed by atoms with Crippen LogP contribution in [0.25, 0.3) is 10.8 Å². The van der Waals surface area contributed by atoms with Crippen molar-refractivity contribution in [2.24, 2.45) is 0 Å². The summed E-state index contributed by atoms with van der Waals surface area (Å²) in [5.41, 5.74) is 0.206. The maximum absolute atomic E-state index is 12.5. The number of rotatable bonds is 7. The van der Waals surface area contributed by atoms with Crippen molar-refractivity contribution in [2.75, 3.05) is 0 Å². The second kappa shape index (κ2) is 9.13. The molecule has 0 radical (unpaired) electrons. The van der Waals surface area contributed by atoms with E-state index in [9.17, 15) is 14.4 Å². The SMILES string of the molecule is O=C(CCn1[nH]c(=O)c2ccccc2c1=O)NCc1cccc(Oc2ccccc2)c1. The Labute approximate surface area is 177 Å². The molecule has 0 aliphatic heterocycles. The van der Waals surface area contributed by atoms with Gasteiger partial charge in [-0.2, -0.15) is 0 Å². The van der Waals surface area contributed by atoms with Gasteiger partial charge < -0.3 is 10.1 Å². The summed E-state index contributed by atoms with van der Waals surface area (Å²) in [5, 5.41) is 6.03. The summed E-state index contributed by atoms with van der Waals surface area (Å²) in [6, 6.07) is 23.5. The third kappa shape index (κ3) is 4.90. The van der Waals surface area contributed by atoms with E-state index in [1.165, 1.54) is 4.68 Å². The van der Waals surface area contributed by atoms with Gasteiger partial charge in [0.05, 0.1) is 17.3 Å². The molecule has 0 fully saturated rings. The van der Waals surface area contributed by atoms with Gasteiger partial charge in [0.15, 0.2) is 0 Å². The number of aromatic nitrogens is 2. The average Bonchev–Trinajstić information content (AvgIpc) is 2.80. The molecule has 0 unspecified atom stereocenters. The predicted molar refractivity (Wildman–Crippen MR) is 118 cm³/mol. The monoisotopic (exact) mass is 415 g/mol. The first-order chi connectivity index (χ1) is 15.1. The number of nitrogens with one attached hydrogen (secondary N) is 2. The van der Waals surface area contributed by atoms with Crippen LogP contribution in [0.5, 0.6) is 11.5 Å². The van der Waals surface area contributed by atoms with Gasteiger partial charge >= 0.3 is 0 Å². The van der Waals surface area contributed by atoms with E-state index in [2.05, 4.69) is 10.4 Å². The number of carbonyl (C=O) groups excluding carboxylic acids is 1. The highest BCUT2D eigenvalue weighted by atomic mass is 16.5. The number of ether oxygens (including phenoxy) is 1. The third-order valence-corrected chi connectivity index (χ3v) is 4.81. The highest BCUT2D eigenvalue weighted by Gasteiger charge is 2.09. The van der Waals surface area contributed by atoms with Gasteiger partial charge in [-0.15, -0.1) is 0 Å². The molecule has 4 rings (SSSR count). The van der Waals surface area contributed by atoms with Crippen molar-refractivity contribution in [3.63, 3.8) is 0 Å². The molecule has 3 aromatic carbocycles. The average molecular weight is 415 g/mol. The molecule has 1 amide bonds. The smallest absolute Gasteiger partial charge is 0.273 e. The number of fused-ring (bicyclic) bond motifs is 1. The molecule has 0 aliphatic carbocycles. The summed E-state index contributed by atoms with van der Waals surface area (Å²) in [6.45, 7) is 0.413. The molecule has 0 bridgehead atoms. The second-order valence-corrected chi connectivity index (χ2v) is 7.03. The largest absolute Gasteiger partial charge is 0.457 e. The van der Waals surface area contributed by atoms with Crippen LogP contribution in [0.4, 0.5) is 0 Å². The van der Waals surface area contributed by atoms with E-state index >= 15 is 0 Å². The van der Waals surface area contributed by atoms with Gasteiger partial charge in [-0.1, -0.05) is 42.5 Å². The lowest BCUT2D eigenvalue weighted by Crippen LogP contribution is -2.32. The molecular weight excluding hydrogens is 394 g/mol. The van der Waals surface area contributed by atoms with Crippen LogP contribution in [0.3, 0.4) is 0 Å². The minimum atomic E-state index is -0.356. The van der Waals surface area contributed by atoms with E-state index in [-0.39, 0.29) is 30.0 Å². The van der Waals surface area contributed by atoms with Crippen LogP contribution < -0.4 is 21.2 Å². The number of amides is 1. The number of carbonyl (C=O) groups is 1. The molecule has 4 aromatic rings. The number of aryl methyl sites for hydroxylation is 1. The van der Waals surface area contributed by atoms with Gasteiger partial charge in [-0.05, 0) is 42.0 Å². The van der Waals surface area contributed by atoms with Gasteiger partial charge in [0.1, 0.15) is 11.5 Å². The van der Waals surface area contributed by atoms with Crippen LogP contribution in [-0.2, 0) is 17.9 Å². The highest BCUT2D eigenvalue weighted by Crippen LogP contribution is 2.21. The van der Waals surface area contributed by atoms with Gasteiger partial charge in [-0.25, -0.2) is 4.68 Å². The normalized spacial score (nSPS) is 10.7. The highest BCUT2D eigenvalue weighted by molar-refractivity contribution is 5.80. The minimum absolute atomic E-state index is 0.0639. The van der Waals surface area contributed by atoms with Crippen molar-refractivity contribution in [1.29, 1.82) is 0 Å². The van der Waals surface area contributed by atoms with Crippen molar-refractivity contribution in [3.8, 4) is 11.5 Å². The molecule has 0 saturated heterocycles. The molecule has 1 aromatic heterocycles. The molecule has 7 heteroatoms. The maximum Gasteiger partial charge on any atom is 0.273 e. The number of hydrogen-bond donors (Lipinski definition) is 2. The third-order valence-electron chi connectivity index (χ3n) is 4.81. The number of benzene rings is 3. The Balaban J connectivity index is 1.36. The summed E-state index contributed by atoms with van der Waals surface area (Å²) in [4.78, 5) is 36.9. The van der Waals surface area contributed by atoms with E-state index in [4.69, 9.17) is 4.74 Å². The fourth-order valence-electron chi connectivity index (χ4n) is 3.25. The minimum Gasteiger partial charge on any atom is -0.457 e. The van der Waals surface area contributed by atoms with Crippen molar-refractivity contribution < 1.29 is 9.53 Å². The first-order valence-electron chi connectivity index (χ1n) is 9.90. The van der Waals surface area contributed by atoms with E-state index in [0.29, 0.717) is 23.1 Å². The Morgan fingerprint density at radius 3 is 2.39 bits per heavy atom. The quantitative estimate of drug-likeness (QED) is 0.485. The Morgan fingerprint density at radius 2 is 1.58 bits per heavy atom. The lowest BCUT2D eigenvalue weighted by atomic mass is 10.2. The van der Waals surface area contributed by atoms with Gasteiger partial charge in [-0.3, -0.25) is 19.5 Å². The number of nitrogens with zero attached hydrogens (tertiary/aromatic N) is 1. The Kier molecular flexibility index (Phi) is 5.93. The van der Waals surface area contributed by atoms with Crippen LogP contribution in [0.2, 0.25) is 0 Å². The van der Waals surface area contributed by atoms with Crippen LogP contribution in [0, 0.1) is 0 Å². The first-order valence-corrected chi connectivity index (χ1v) is 9.90. The summed E-state index contributed by atoms with van der Waals surface area (Å²) in [6.07, 6.45) is 0.0639. The molecule has 31 heavy (non-hydrogen) atoms. The van der Waals surface area contributed by atoms with E-state index in [0.717, 1.165) is 11.3 Å². The summed E-state index contributed by atoms with van der Waals surface area (Å²) in [7, 11) is 0. The van der Waals surface area contributed by atoms with Gasteiger partial charge in [0.2, 0.25) is 5.91 Å². The standard InChI is InChI=1S/C24H21N3O4/c28-22(13-14-27-24(30)21-12-5-4-11-20(21)23(29)26-27)25-16-17-7-6-10-19(15-17)31-18-8-2-1-3-9-18/h1-12,15H,13-14,16H2,(H,25,28)(H,26,29). The molecule has 7 nitrogen and oxygen atoms in total. The molecule has 0 aliphatic rings. The summed E-state index contributed by atoms with van der Waals surface area (Å²) < 4.78 is 6.99. The van der Waals surface area contributed by atoms with Crippen molar-refractivity contribution in [1.82, 2.24) is 15.1 Å². The fraction of sp³-hybridized carbons (Fsp3) is 0.125. The van der Waals surface area contributed by atoms with Crippen LogP contribution in [0.15, 0.2) is 88.5 Å². The first kappa shape index (κ1) is 20.2. The zero-order valence-corrected chi connectivity index (χ0v) is 16.7. The predicted octanol–water partition coefficient (Wildman–Crippen LogP) is 3.19. The Hall–Kier alpha value is -4.13. The summed E-state index contributed by atoms with van der Waals surface area (Å²) in [5.74, 6) is 1.19. The number of hydrogen-bond acceptors (Lipinski definition) is 4. The van der Waals surface area contributed by atoms with Crippen molar-refractivity contribution in [3.05, 3.63) is 105 Å². The molecule has 156 valence electrons. The van der Waals surface area contributed by atoms with E-state index in [1.54, 1.807) is 24.3 Å². The lowest BCUT2D eigenvalue weighted by Gasteiger charge is -2.10. The fourth-order valence-corrected chi connectivity index (χ4v) is 3.25. The molecule has 0 spiro atoms. The second-order valence-electron chi connectivity index (χ2n) is 7.03. The zero-order chi connectivity index (χ0) is 21.6.